The van der Waals surface area contributed by atoms with Crippen molar-refractivity contribution < 1.29 is 9.90 Å². The lowest BCUT2D eigenvalue weighted by Crippen LogP contribution is -2.03. The molecule has 2 heteroatoms. The van der Waals surface area contributed by atoms with Crippen molar-refractivity contribution in [2.75, 3.05) is 0 Å². The Bertz CT molecular complexity index is 110. The maximum Gasteiger partial charge on any atom is 0.303 e. The molecule has 1 N–H and O–H groups in total. The number of hydrogen-bond donors (Lipinski definition) is 1. The van der Waals surface area contributed by atoms with E-state index in [2.05, 4.69) is 6.92 Å². The third-order valence-electron chi connectivity index (χ3n) is 1.82. The van der Waals surface area contributed by atoms with Crippen molar-refractivity contribution in [1.82, 2.24) is 0 Å². The molecule has 0 aromatic heterocycles. The van der Waals surface area contributed by atoms with Crippen molar-refractivity contribution in [3.63, 3.8) is 0 Å². The summed E-state index contributed by atoms with van der Waals surface area (Å²) in [5.74, 6) is -0.326. The average Bonchev–Trinajstić information content (AvgIpc) is 1.86. The summed E-state index contributed by atoms with van der Waals surface area (Å²) >= 11 is 0. The van der Waals surface area contributed by atoms with E-state index in [0.29, 0.717) is 12.3 Å². The predicted octanol–water partition coefficient (Wildman–Crippen LogP) is 2.68. The zero-order chi connectivity index (χ0) is 8.69. The molecule has 0 amide bonds. The summed E-state index contributed by atoms with van der Waals surface area (Å²) in [5, 5.41) is 8.44. The average molecular weight is 158 g/mol. The number of carboxylic acids is 1. The van der Waals surface area contributed by atoms with Crippen molar-refractivity contribution in [2.45, 2.75) is 46.0 Å². The molecule has 0 saturated carbocycles. The second-order valence-electron chi connectivity index (χ2n) is 3.20. The first kappa shape index (κ1) is 10.5. The molecule has 0 unspecified atom stereocenters. The summed E-state index contributed by atoms with van der Waals surface area (Å²) in [4.78, 5) is 10.2. The molecule has 0 heterocycles. The van der Waals surface area contributed by atoms with Crippen LogP contribution in [0, 0.1) is 5.92 Å². The largest absolute Gasteiger partial charge is 0.481 e. The van der Waals surface area contributed by atoms with Crippen molar-refractivity contribution in [1.29, 1.82) is 0 Å². The van der Waals surface area contributed by atoms with E-state index in [1.165, 1.54) is 19.3 Å². The van der Waals surface area contributed by atoms with Crippen LogP contribution in [0.2, 0.25) is 0 Å². The Morgan fingerprint density at radius 3 is 2.55 bits per heavy atom. The quantitative estimate of drug-likeness (QED) is 0.603. The molecular formula is C9H18O2. The lowest BCUT2D eigenvalue weighted by molar-refractivity contribution is -0.138. The molecule has 0 aromatic carbocycles. The first-order valence-electron chi connectivity index (χ1n) is 4.38. The van der Waals surface area contributed by atoms with Crippen molar-refractivity contribution in [3.05, 3.63) is 0 Å². The molecule has 0 aliphatic rings. The van der Waals surface area contributed by atoms with E-state index in [0.717, 1.165) is 6.42 Å². The van der Waals surface area contributed by atoms with E-state index in [4.69, 9.17) is 5.11 Å². The van der Waals surface area contributed by atoms with Gasteiger partial charge in [-0.15, -0.1) is 0 Å². The molecule has 0 aromatic rings. The van der Waals surface area contributed by atoms with Crippen LogP contribution in [-0.2, 0) is 4.79 Å². The second-order valence-corrected chi connectivity index (χ2v) is 3.20. The molecule has 0 spiro atoms. The standard InChI is InChI=1S/C9H18O2/c1-3-4-5-6-8(2)7-9(10)11/h8H,3-7H2,1-2H3,(H,10,11)/t8-/m1/s1. The van der Waals surface area contributed by atoms with E-state index in [1.807, 2.05) is 6.92 Å². The van der Waals surface area contributed by atoms with Crippen LogP contribution < -0.4 is 0 Å². The maximum atomic E-state index is 10.2. The summed E-state index contributed by atoms with van der Waals surface area (Å²) in [7, 11) is 0. The Balaban J connectivity index is 3.22. The zero-order valence-electron chi connectivity index (χ0n) is 7.47. The Hall–Kier alpha value is -0.530. The van der Waals surface area contributed by atoms with E-state index in [-0.39, 0.29) is 0 Å². The van der Waals surface area contributed by atoms with Gasteiger partial charge < -0.3 is 5.11 Å². The van der Waals surface area contributed by atoms with Crippen LogP contribution in [0.4, 0.5) is 0 Å². The predicted molar refractivity (Wildman–Crippen MR) is 45.6 cm³/mol. The minimum absolute atomic E-state index is 0.323. The van der Waals surface area contributed by atoms with Crippen molar-refractivity contribution in [3.8, 4) is 0 Å². The van der Waals surface area contributed by atoms with E-state index in [1.54, 1.807) is 0 Å². The monoisotopic (exact) mass is 158 g/mol. The van der Waals surface area contributed by atoms with Crippen LogP contribution in [0.15, 0.2) is 0 Å². The summed E-state index contributed by atoms with van der Waals surface area (Å²) in [5.41, 5.74) is 0. The highest BCUT2D eigenvalue weighted by molar-refractivity contribution is 5.66. The highest BCUT2D eigenvalue weighted by atomic mass is 16.4. The third kappa shape index (κ3) is 7.37. The fourth-order valence-corrected chi connectivity index (χ4v) is 1.14. The van der Waals surface area contributed by atoms with Crippen molar-refractivity contribution in [2.24, 2.45) is 5.92 Å². The summed E-state index contributed by atoms with van der Waals surface area (Å²) < 4.78 is 0. The zero-order valence-corrected chi connectivity index (χ0v) is 7.47. The molecule has 1 atom stereocenters. The fraction of sp³-hybridized carbons (Fsp3) is 0.889. The first-order valence-corrected chi connectivity index (χ1v) is 4.38. The van der Waals surface area contributed by atoms with Crippen LogP contribution in [0.25, 0.3) is 0 Å². The van der Waals surface area contributed by atoms with Gasteiger partial charge in [0, 0.05) is 6.42 Å². The minimum atomic E-state index is -0.672. The van der Waals surface area contributed by atoms with Gasteiger partial charge in [0.2, 0.25) is 0 Å². The van der Waals surface area contributed by atoms with Gasteiger partial charge in [-0.1, -0.05) is 39.5 Å². The Morgan fingerprint density at radius 2 is 2.09 bits per heavy atom. The van der Waals surface area contributed by atoms with Gasteiger partial charge >= 0.3 is 5.97 Å². The first-order chi connectivity index (χ1) is 5.16. The number of aliphatic carboxylic acids is 1. The van der Waals surface area contributed by atoms with Gasteiger partial charge in [0.1, 0.15) is 0 Å². The Kier molecular flexibility index (Phi) is 5.90. The topological polar surface area (TPSA) is 37.3 Å². The molecule has 0 rings (SSSR count). The van der Waals surface area contributed by atoms with E-state index in [9.17, 15) is 4.79 Å². The molecule has 11 heavy (non-hydrogen) atoms. The molecule has 0 radical (unpaired) electrons. The van der Waals surface area contributed by atoms with Gasteiger partial charge in [-0.25, -0.2) is 0 Å². The lowest BCUT2D eigenvalue weighted by Gasteiger charge is -2.06. The van der Waals surface area contributed by atoms with Gasteiger partial charge in [0.25, 0.3) is 0 Å². The van der Waals surface area contributed by atoms with Gasteiger partial charge in [0.15, 0.2) is 0 Å². The lowest BCUT2D eigenvalue weighted by atomic mass is 10.0. The molecule has 2 nitrogen and oxygen atoms in total. The van der Waals surface area contributed by atoms with Gasteiger partial charge in [-0.05, 0) is 5.92 Å². The third-order valence-corrected chi connectivity index (χ3v) is 1.82. The molecule has 0 fully saturated rings. The van der Waals surface area contributed by atoms with Gasteiger partial charge in [-0.2, -0.15) is 0 Å². The number of hydrogen-bond acceptors (Lipinski definition) is 1. The smallest absolute Gasteiger partial charge is 0.303 e. The van der Waals surface area contributed by atoms with Crippen LogP contribution >= 0.6 is 0 Å². The number of rotatable bonds is 6. The summed E-state index contributed by atoms with van der Waals surface area (Å²) in [6.45, 7) is 4.16. The number of carboxylic acid groups (broad SMARTS) is 1. The molecular weight excluding hydrogens is 140 g/mol. The molecule has 0 saturated heterocycles. The van der Waals surface area contributed by atoms with Gasteiger partial charge in [0.05, 0.1) is 0 Å². The Labute approximate surface area is 68.6 Å². The van der Waals surface area contributed by atoms with E-state index >= 15 is 0 Å². The van der Waals surface area contributed by atoms with Crippen LogP contribution in [0.5, 0.6) is 0 Å². The number of carbonyl (C=O) groups is 1. The molecule has 0 aliphatic heterocycles. The summed E-state index contributed by atoms with van der Waals surface area (Å²) in [6.07, 6.45) is 4.98. The molecule has 0 bridgehead atoms. The fourth-order valence-electron chi connectivity index (χ4n) is 1.14. The summed E-state index contributed by atoms with van der Waals surface area (Å²) in [6, 6.07) is 0. The van der Waals surface area contributed by atoms with Crippen LogP contribution in [0.3, 0.4) is 0 Å². The molecule has 0 aliphatic carbocycles. The van der Waals surface area contributed by atoms with Crippen molar-refractivity contribution >= 4 is 5.97 Å². The maximum absolute atomic E-state index is 10.2. The van der Waals surface area contributed by atoms with Crippen LogP contribution in [-0.4, -0.2) is 11.1 Å². The Morgan fingerprint density at radius 1 is 1.45 bits per heavy atom. The molecule has 66 valence electrons. The highest BCUT2D eigenvalue weighted by Crippen LogP contribution is 2.12. The minimum Gasteiger partial charge on any atom is -0.481 e. The van der Waals surface area contributed by atoms with Crippen LogP contribution in [0.1, 0.15) is 46.0 Å². The highest BCUT2D eigenvalue weighted by Gasteiger charge is 2.05. The van der Waals surface area contributed by atoms with E-state index < -0.39 is 5.97 Å². The second kappa shape index (κ2) is 6.20. The van der Waals surface area contributed by atoms with Gasteiger partial charge in [-0.3, -0.25) is 4.79 Å². The number of unbranched alkanes of at least 4 members (excludes halogenated alkanes) is 2. The normalized spacial score (nSPS) is 12.9. The SMILES string of the molecule is CCCCC[C@@H](C)CC(=O)O.